The molecule has 1 rings (SSSR count). The summed E-state index contributed by atoms with van der Waals surface area (Å²) in [6.07, 6.45) is -0.598. The fourth-order valence-electron chi connectivity index (χ4n) is 0.855. The Morgan fingerprint density at radius 2 is 1.67 bits per heavy atom. The van der Waals surface area contributed by atoms with E-state index in [1.54, 1.807) is 0 Å². The van der Waals surface area contributed by atoms with E-state index in [0.29, 0.717) is 13.2 Å². The van der Waals surface area contributed by atoms with Crippen LogP contribution in [0.5, 0.6) is 0 Å². The monoisotopic (exact) mass is 132 g/mol. The highest BCUT2D eigenvalue weighted by molar-refractivity contribution is 4.84. The van der Waals surface area contributed by atoms with Gasteiger partial charge in [-0.15, -0.1) is 0 Å². The largest absolute Gasteiger partial charge is 0.390 e. The van der Waals surface area contributed by atoms with Gasteiger partial charge in [-0.2, -0.15) is 0 Å². The normalized spacial score (nSPS) is 39.0. The molecular formula is C5H12N2O2. The maximum Gasteiger partial charge on any atom is 0.0886 e. The molecule has 0 aliphatic carbocycles. The van der Waals surface area contributed by atoms with E-state index in [0.717, 1.165) is 0 Å². The van der Waals surface area contributed by atoms with Crippen molar-refractivity contribution in [3.05, 3.63) is 0 Å². The Bertz CT molecular complexity index is 89.0. The number of aliphatic hydroxyl groups excluding tert-OH is 1. The van der Waals surface area contributed by atoms with Gasteiger partial charge in [-0.3, -0.25) is 0 Å². The lowest BCUT2D eigenvalue weighted by molar-refractivity contribution is -0.0195. The first-order chi connectivity index (χ1) is 4.22. The lowest BCUT2D eigenvalue weighted by Crippen LogP contribution is -2.55. The molecule has 5 N–H and O–H groups in total. The number of aliphatic hydroxyl groups is 1. The number of rotatable bonds is 0. The van der Waals surface area contributed by atoms with E-state index >= 15 is 0 Å². The van der Waals surface area contributed by atoms with Crippen LogP contribution in [-0.4, -0.2) is 36.5 Å². The minimum atomic E-state index is -0.598. The van der Waals surface area contributed by atoms with Crippen molar-refractivity contribution in [3.8, 4) is 0 Å². The molecule has 0 aromatic carbocycles. The molecule has 1 aliphatic heterocycles. The van der Waals surface area contributed by atoms with E-state index < -0.39 is 6.10 Å². The fourth-order valence-corrected chi connectivity index (χ4v) is 0.855. The van der Waals surface area contributed by atoms with Crippen LogP contribution in [0.25, 0.3) is 0 Å². The summed E-state index contributed by atoms with van der Waals surface area (Å²) in [5, 5.41) is 9.12. The van der Waals surface area contributed by atoms with Crippen molar-refractivity contribution in [2.24, 2.45) is 11.5 Å². The van der Waals surface area contributed by atoms with Gasteiger partial charge in [-0.1, -0.05) is 0 Å². The van der Waals surface area contributed by atoms with Gasteiger partial charge in [0.2, 0.25) is 0 Å². The topological polar surface area (TPSA) is 81.5 Å². The minimum Gasteiger partial charge on any atom is -0.390 e. The van der Waals surface area contributed by atoms with Gasteiger partial charge in [-0.05, 0) is 0 Å². The Morgan fingerprint density at radius 3 is 2.00 bits per heavy atom. The summed E-state index contributed by atoms with van der Waals surface area (Å²) in [7, 11) is 0. The molecule has 1 heterocycles. The molecule has 1 aliphatic rings. The van der Waals surface area contributed by atoms with Crippen molar-refractivity contribution in [2.75, 3.05) is 13.2 Å². The van der Waals surface area contributed by atoms with Crippen molar-refractivity contribution >= 4 is 0 Å². The van der Waals surface area contributed by atoms with Crippen LogP contribution in [0.3, 0.4) is 0 Å². The molecule has 0 aromatic rings. The lowest BCUT2D eigenvalue weighted by atomic mass is 10.0. The maximum atomic E-state index is 9.12. The number of hydrogen-bond donors (Lipinski definition) is 3. The summed E-state index contributed by atoms with van der Waals surface area (Å²) < 4.78 is 4.95. The van der Waals surface area contributed by atoms with E-state index in [4.69, 9.17) is 21.3 Å². The highest BCUT2D eigenvalue weighted by Gasteiger charge is 2.26. The van der Waals surface area contributed by atoms with Gasteiger partial charge in [0.05, 0.1) is 31.4 Å². The smallest absolute Gasteiger partial charge is 0.0886 e. The third-order valence-corrected chi connectivity index (χ3v) is 1.50. The Hall–Kier alpha value is -0.160. The van der Waals surface area contributed by atoms with Crippen LogP contribution in [-0.2, 0) is 4.74 Å². The molecule has 1 fully saturated rings. The van der Waals surface area contributed by atoms with Gasteiger partial charge in [0.25, 0.3) is 0 Å². The number of hydrogen-bond acceptors (Lipinski definition) is 4. The predicted molar refractivity (Wildman–Crippen MR) is 32.8 cm³/mol. The molecule has 1 saturated heterocycles. The van der Waals surface area contributed by atoms with Crippen molar-refractivity contribution in [3.63, 3.8) is 0 Å². The van der Waals surface area contributed by atoms with Gasteiger partial charge in [-0.25, -0.2) is 0 Å². The average molecular weight is 132 g/mol. The summed E-state index contributed by atoms with van der Waals surface area (Å²) in [5.74, 6) is 0. The lowest BCUT2D eigenvalue weighted by Gasteiger charge is -2.29. The van der Waals surface area contributed by atoms with Crippen molar-refractivity contribution in [2.45, 2.75) is 18.2 Å². The van der Waals surface area contributed by atoms with E-state index in [1.165, 1.54) is 0 Å². The highest BCUT2D eigenvalue weighted by atomic mass is 16.5. The van der Waals surface area contributed by atoms with Crippen LogP contribution in [0, 0.1) is 0 Å². The van der Waals surface area contributed by atoms with Gasteiger partial charge in [0.1, 0.15) is 0 Å². The Balaban J connectivity index is 2.41. The fraction of sp³-hybridized carbons (Fsp3) is 1.00. The molecule has 2 atom stereocenters. The van der Waals surface area contributed by atoms with Crippen LogP contribution in [0.15, 0.2) is 0 Å². The molecule has 4 nitrogen and oxygen atoms in total. The summed E-state index contributed by atoms with van der Waals surface area (Å²) >= 11 is 0. The van der Waals surface area contributed by atoms with Crippen LogP contribution in [0.4, 0.5) is 0 Å². The third-order valence-electron chi connectivity index (χ3n) is 1.50. The van der Waals surface area contributed by atoms with Gasteiger partial charge >= 0.3 is 0 Å². The number of ether oxygens (including phenoxy) is 1. The molecule has 0 radical (unpaired) electrons. The second kappa shape index (κ2) is 2.62. The first-order valence-corrected chi connectivity index (χ1v) is 2.99. The molecule has 0 aromatic heterocycles. The molecule has 0 spiro atoms. The molecule has 54 valence electrons. The van der Waals surface area contributed by atoms with Crippen LogP contribution < -0.4 is 11.5 Å². The highest BCUT2D eigenvalue weighted by Crippen LogP contribution is 2.03. The van der Waals surface area contributed by atoms with E-state index in [1.807, 2.05) is 0 Å². The first-order valence-electron chi connectivity index (χ1n) is 2.99. The van der Waals surface area contributed by atoms with Crippen molar-refractivity contribution in [1.82, 2.24) is 0 Å². The van der Waals surface area contributed by atoms with Gasteiger partial charge in [0, 0.05) is 0 Å². The van der Waals surface area contributed by atoms with Crippen LogP contribution in [0.2, 0.25) is 0 Å². The Labute approximate surface area is 53.8 Å². The molecule has 0 saturated carbocycles. The van der Waals surface area contributed by atoms with Crippen LogP contribution in [0.1, 0.15) is 0 Å². The Morgan fingerprint density at radius 1 is 1.22 bits per heavy atom. The molecule has 9 heavy (non-hydrogen) atoms. The van der Waals surface area contributed by atoms with E-state index in [2.05, 4.69) is 0 Å². The second-order valence-electron chi connectivity index (χ2n) is 2.36. The summed E-state index contributed by atoms with van der Waals surface area (Å²) in [4.78, 5) is 0. The van der Waals surface area contributed by atoms with Gasteiger partial charge in [0.15, 0.2) is 0 Å². The Kier molecular flexibility index (Phi) is 2.02. The SMILES string of the molecule is N[C@H]1COC[C@H](N)C1O. The second-order valence-corrected chi connectivity index (χ2v) is 2.36. The molecule has 4 heteroatoms. The summed E-state index contributed by atoms with van der Waals surface area (Å²) in [6.45, 7) is 0.823. The minimum absolute atomic E-state index is 0.311. The van der Waals surface area contributed by atoms with E-state index in [9.17, 15) is 0 Å². The quantitative estimate of drug-likeness (QED) is 0.357. The molecule has 0 amide bonds. The maximum absolute atomic E-state index is 9.12. The summed E-state index contributed by atoms with van der Waals surface area (Å²) in [6, 6.07) is -0.623. The van der Waals surface area contributed by atoms with Crippen molar-refractivity contribution in [1.29, 1.82) is 0 Å². The van der Waals surface area contributed by atoms with Crippen LogP contribution >= 0.6 is 0 Å². The predicted octanol–water partition coefficient (Wildman–Crippen LogP) is -1.97. The zero-order valence-corrected chi connectivity index (χ0v) is 5.16. The zero-order chi connectivity index (χ0) is 6.85. The van der Waals surface area contributed by atoms with Crippen molar-refractivity contribution < 1.29 is 9.84 Å². The standard InChI is InChI=1S/C5H12N2O2/c6-3-1-9-2-4(7)5(3)8/h3-5,8H,1-2,6-7H2/t3-,4-/m0/s1. The third kappa shape index (κ3) is 1.40. The van der Waals surface area contributed by atoms with Gasteiger partial charge < -0.3 is 21.3 Å². The molecular weight excluding hydrogens is 120 g/mol. The average Bonchev–Trinajstić information content (AvgIpc) is 1.83. The summed E-state index contributed by atoms with van der Waals surface area (Å²) in [5.41, 5.74) is 10.8. The van der Waals surface area contributed by atoms with E-state index in [-0.39, 0.29) is 12.1 Å². The first kappa shape index (κ1) is 6.95. The molecule has 0 unspecified atom stereocenters. The molecule has 0 bridgehead atoms. The zero-order valence-electron chi connectivity index (χ0n) is 5.16. The number of nitrogens with two attached hydrogens (primary N) is 2.